The molecular weight excluding hydrogens is 278 g/mol. The molecule has 0 amide bonds. The van der Waals surface area contributed by atoms with E-state index < -0.39 is 0 Å². The van der Waals surface area contributed by atoms with E-state index in [1.54, 1.807) is 0 Å². The molecular formula is C13H20BrN3. The minimum atomic E-state index is 0.596. The van der Waals surface area contributed by atoms with Crippen molar-refractivity contribution in [2.24, 2.45) is 5.92 Å². The molecule has 0 saturated heterocycles. The zero-order valence-corrected chi connectivity index (χ0v) is 12.2. The second-order valence-corrected chi connectivity index (χ2v) is 5.53. The Morgan fingerprint density at radius 3 is 2.53 bits per heavy atom. The Morgan fingerprint density at radius 2 is 1.94 bits per heavy atom. The molecule has 17 heavy (non-hydrogen) atoms. The maximum atomic E-state index is 4.44. The van der Waals surface area contributed by atoms with Gasteiger partial charge in [0.25, 0.3) is 0 Å². The van der Waals surface area contributed by atoms with Gasteiger partial charge in [-0.1, -0.05) is 35.7 Å². The fourth-order valence-electron chi connectivity index (χ4n) is 2.62. The van der Waals surface area contributed by atoms with E-state index in [1.165, 1.54) is 25.7 Å². The first-order valence-corrected chi connectivity index (χ1v) is 7.44. The zero-order valence-electron chi connectivity index (χ0n) is 10.6. The Balaban J connectivity index is 2.09. The summed E-state index contributed by atoms with van der Waals surface area (Å²) in [5.74, 6) is 1.60. The Labute approximate surface area is 112 Å². The highest BCUT2D eigenvalue weighted by Gasteiger charge is 2.26. The van der Waals surface area contributed by atoms with E-state index in [-0.39, 0.29) is 0 Å². The molecule has 1 heterocycles. The predicted molar refractivity (Wildman–Crippen MR) is 74.5 cm³/mol. The van der Waals surface area contributed by atoms with Gasteiger partial charge in [-0.05, 0) is 24.3 Å². The standard InChI is InChI=1S/C13H20BrN3/c1-10-5-3-4-6-12(10)17(2)13-15-8-11(7-14)9-16-13/h8-10,12H,3-7H2,1-2H3. The minimum Gasteiger partial charge on any atom is -0.341 e. The molecule has 2 rings (SSSR count). The van der Waals surface area contributed by atoms with Crippen LogP contribution in [-0.2, 0) is 5.33 Å². The molecule has 1 fully saturated rings. The molecule has 0 aliphatic heterocycles. The second kappa shape index (κ2) is 5.80. The number of hydrogen-bond acceptors (Lipinski definition) is 3. The summed E-state index contributed by atoms with van der Waals surface area (Å²) in [6.45, 7) is 2.34. The molecule has 2 atom stereocenters. The van der Waals surface area contributed by atoms with E-state index in [0.717, 1.165) is 22.8 Å². The molecule has 0 aromatic carbocycles. The van der Waals surface area contributed by atoms with Crippen LogP contribution in [0.2, 0.25) is 0 Å². The minimum absolute atomic E-state index is 0.596. The molecule has 1 saturated carbocycles. The number of alkyl halides is 1. The van der Waals surface area contributed by atoms with Gasteiger partial charge in [-0.3, -0.25) is 0 Å². The van der Waals surface area contributed by atoms with E-state index in [0.29, 0.717) is 6.04 Å². The number of halogens is 1. The van der Waals surface area contributed by atoms with Crippen LogP contribution in [0.25, 0.3) is 0 Å². The molecule has 1 aliphatic rings. The van der Waals surface area contributed by atoms with Gasteiger partial charge in [-0.25, -0.2) is 9.97 Å². The monoisotopic (exact) mass is 297 g/mol. The number of rotatable bonds is 3. The molecule has 0 bridgehead atoms. The van der Waals surface area contributed by atoms with Crippen molar-refractivity contribution in [1.82, 2.24) is 9.97 Å². The molecule has 1 aromatic rings. The van der Waals surface area contributed by atoms with Crippen LogP contribution in [0.4, 0.5) is 5.95 Å². The average Bonchev–Trinajstić information content (AvgIpc) is 2.39. The van der Waals surface area contributed by atoms with Crippen LogP contribution in [-0.4, -0.2) is 23.1 Å². The summed E-state index contributed by atoms with van der Waals surface area (Å²) in [7, 11) is 2.12. The van der Waals surface area contributed by atoms with Crippen LogP contribution in [0.15, 0.2) is 12.4 Å². The first-order chi connectivity index (χ1) is 8.22. The summed E-state index contributed by atoms with van der Waals surface area (Å²) >= 11 is 3.41. The second-order valence-electron chi connectivity index (χ2n) is 4.96. The molecule has 3 nitrogen and oxygen atoms in total. The molecule has 94 valence electrons. The smallest absolute Gasteiger partial charge is 0.225 e. The van der Waals surface area contributed by atoms with Crippen LogP contribution in [0.1, 0.15) is 38.2 Å². The van der Waals surface area contributed by atoms with E-state index >= 15 is 0 Å². The Bertz CT molecular complexity index is 352. The summed E-state index contributed by atoms with van der Waals surface area (Å²) in [4.78, 5) is 11.1. The highest BCUT2D eigenvalue weighted by Crippen LogP contribution is 2.28. The number of anilines is 1. The third-order valence-electron chi connectivity index (χ3n) is 3.73. The maximum absolute atomic E-state index is 4.44. The predicted octanol–water partition coefficient (Wildman–Crippen LogP) is 3.39. The number of hydrogen-bond donors (Lipinski definition) is 0. The topological polar surface area (TPSA) is 29.0 Å². The Hall–Kier alpha value is -0.640. The van der Waals surface area contributed by atoms with Crippen LogP contribution in [0.3, 0.4) is 0 Å². The van der Waals surface area contributed by atoms with Crippen LogP contribution in [0, 0.1) is 5.92 Å². The fraction of sp³-hybridized carbons (Fsp3) is 0.692. The summed E-state index contributed by atoms with van der Waals surface area (Å²) in [5, 5.41) is 0.816. The van der Waals surface area contributed by atoms with E-state index in [1.807, 2.05) is 12.4 Å². The quantitative estimate of drug-likeness (QED) is 0.801. The maximum Gasteiger partial charge on any atom is 0.225 e. The highest BCUT2D eigenvalue weighted by molar-refractivity contribution is 9.08. The molecule has 4 heteroatoms. The zero-order chi connectivity index (χ0) is 12.3. The summed E-state index contributed by atoms with van der Waals surface area (Å²) in [6, 6.07) is 0.596. The third kappa shape index (κ3) is 2.97. The molecule has 0 radical (unpaired) electrons. The molecule has 0 N–H and O–H groups in total. The van der Waals surface area contributed by atoms with Gasteiger partial charge in [0.2, 0.25) is 5.95 Å². The lowest BCUT2D eigenvalue weighted by Crippen LogP contribution is -2.39. The Morgan fingerprint density at radius 1 is 1.29 bits per heavy atom. The van der Waals surface area contributed by atoms with Gasteiger partial charge in [-0.15, -0.1) is 0 Å². The van der Waals surface area contributed by atoms with E-state index in [2.05, 4.69) is 44.8 Å². The average molecular weight is 298 g/mol. The normalized spacial score (nSPS) is 24.6. The molecule has 0 spiro atoms. The number of nitrogens with zero attached hydrogens (tertiary/aromatic N) is 3. The third-order valence-corrected chi connectivity index (χ3v) is 4.37. The van der Waals surface area contributed by atoms with Gasteiger partial charge in [0.15, 0.2) is 0 Å². The van der Waals surface area contributed by atoms with Crippen LogP contribution in [0.5, 0.6) is 0 Å². The lowest BCUT2D eigenvalue weighted by molar-refractivity contribution is 0.319. The van der Waals surface area contributed by atoms with Crippen molar-refractivity contribution in [3.8, 4) is 0 Å². The van der Waals surface area contributed by atoms with Crippen molar-refractivity contribution < 1.29 is 0 Å². The van der Waals surface area contributed by atoms with Crippen molar-refractivity contribution in [2.75, 3.05) is 11.9 Å². The first kappa shape index (κ1) is 12.8. The van der Waals surface area contributed by atoms with Crippen molar-refractivity contribution in [1.29, 1.82) is 0 Å². The van der Waals surface area contributed by atoms with E-state index in [9.17, 15) is 0 Å². The van der Waals surface area contributed by atoms with Gasteiger partial charge in [0.1, 0.15) is 0 Å². The first-order valence-electron chi connectivity index (χ1n) is 6.32. The fourth-order valence-corrected chi connectivity index (χ4v) is 2.91. The van der Waals surface area contributed by atoms with Crippen molar-refractivity contribution >= 4 is 21.9 Å². The lowest BCUT2D eigenvalue weighted by atomic mass is 9.85. The van der Waals surface area contributed by atoms with Gasteiger partial charge in [0.05, 0.1) is 0 Å². The summed E-state index contributed by atoms with van der Waals surface area (Å²) in [6.07, 6.45) is 9.10. The Kier molecular flexibility index (Phi) is 4.37. The van der Waals surface area contributed by atoms with Crippen molar-refractivity contribution in [2.45, 2.75) is 44.0 Å². The van der Waals surface area contributed by atoms with Gasteiger partial charge >= 0.3 is 0 Å². The molecule has 1 aliphatic carbocycles. The van der Waals surface area contributed by atoms with Crippen LogP contribution < -0.4 is 4.90 Å². The highest BCUT2D eigenvalue weighted by atomic mass is 79.9. The van der Waals surface area contributed by atoms with Crippen LogP contribution >= 0.6 is 15.9 Å². The SMILES string of the molecule is CC1CCCCC1N(C)c1ncc(CBr)cn1. The van der Waals surface area contributed by atoms with Gasteiger partial charge < -0.3 is 4.90 Å². The van der Waals surface area contributed by atoms with Crippen molar-refractivity contribution in [3.63, 3.8) is 0 Å². The van der Waals surface area contributed by atoms with Gasteiger partial charge in [-0.2, -0.15) is 0 Å². The number of aromatic nitrogens is 2. The van der Waals surface area contributed by atoms with E-state index in [4.69, 9.17) is 0 Å². The van der Waals surface area contributed by atoms with Crippen molar-refractivity contribution in [3.05, 3.63) is 18.0 Å². The van der Waals surface area contributed by atoms with Gasteiger partial charge in [0, 0.05) is 30.8 Å². The molecule has 2 unspecified atom stereocenters. The summed E-state index contributed by atoms with van der Waals surface area (Å²) < 4.78 is 0. The lowest BCUT2D eigenvalue weighted by Gasteiger charge is -2.36. The molecule has 1 aromatic heterocycles. The largest absolute Gasteiger partial charge is 0.341 e. The summed E-state index contributed by atoms with van der Waals surface area (Å²) in [5.41, 5.74) is 1.12.